The lowest BCUT2D eigenvalue weighted by Crippen LogP contribution is -2.18. The first-order valence-corrected chi connectivity index (χ1v) is 10.2. The summed E-state index contributed by atoms with van der Waals surface area (Å²) in [4.78, 5) is 17.0. The fourth-order valence-electron chi connectivity index (χ4n) is 3.38. The molecule has 154 valence electrons. The average Bonchev–Trinajstić information content (AvgIpc) is 3.44. The van der Waals surface area contributed by atoms with Crippen LogP contribution in [0, 0.1) is 0 Å². The van der Waals surface area contributed by atoms with Gasteiger partial charge in [-0.05, 0) is 25.0 Å². The summed E-state index contributed by atoms with van der Waals surface area (Å²) in [6.07, 6.45) is 8.08. The van der Waals surface area contributed by atoms with Gasteiger partial charge in [-0.2, -0.15) is 15.3 Å². The molecule has 0 aliphatic carbocycles. The monoisotopic (exact) mass is 403 g/mol. The predicted molar refractivity (Wildman–Crippen MR) is 115 cm³/mol. The molecule has 0 spiro atoms. The molecule has 1 unspecified atom stereocenters. The molecule has 1 aromatic carbocycles. The zero-order chi connectivity index (χ0) is 21.1. The van der Waals surface area contributed by atoms with Crippen LogP contribution in [-0.4, -0.2) is 34.3 Å². The van der Waals surface area contributed by atoms with Crippen LogP contribution in [0.1, 0.15) is 44.4 Å². The second-order valence-corrected chi connectivity index (χ2v) is 7.24. The van der Waals surface area contributed by atoms with Crippen molar-refractivity contribution in [3.05, 3.63) is 76.7 Å². The van der Waals surface area contributed by atoms with E-state index in [2.05, 4.69) is 27.2 Å². The van der Waals surface area contributed by atoms with Crippen molar-refractivity contribution in [2.45, 2.75) is 46.2 Å². The van der Waals surface area contributed by atoms with Crippen LogP contribution in [0.2, 0.25) is 0 Å². The molecule has 8 nitrogen and oxygen atoms in total. The van der Waals surface area contributed by atoms with Crippen molar-refractivity contribution in [1.29, 1.82) is 0 Å². The van der Waals surface area contributed by atoms with E-state index in [1.165, 1.54) is 0 Å². The summed E-state index contributed by atoms with van der Waals surface area (Å²) >= 11 is 0. The largest absolute Gasteiger partial charge is 0.288 e. The molecule has 4 aromatic rings. The molecular weight excluding hydrogens is 378 g/mol. The van der Waals surface area contributed by atoms with Crippen LogP contribution in [0.25, 0.3) is 17.1 Å². The zero-order valence-corrected chi connectivity index (χ0v) is 17.4. The van der Waals surface area contributed by atoms with Gasteiger partial charge in [0.2, 0.25) is 5.43 Å². The van der Waals surface area contributed by atoms with Crippen molar-refractivity contribution in [3.8, 4) is 17.1 Å². The highest BCUT2D eigenvalue weighted by molar-refractivity contribution is 5.56. The lowest BCUT2D eigenvalue weighted by Gasteiger charge is -2.13. The third-order valence-corrected chi connectivity index (χ3v) is 5.09. The van der Waals surface area contributed by atoms with Crippen molar-refractivity contribution in [3.63, 3.8) is 0 Å². The fourth-order valence-corrected chi connectivity index (χ4v) is 3.38. The third kappa shape index (κ3) is 3.94. The summed E-state index contributed by atoms with van der Waals surface area (Å²) in [7, 11) is 0. The molecular formula is C22H25N7O. The Morgan fingerprint density at radius 3 is 2.73 bits per heavy atom. The van der Waals surface area contributed by atoms with E-state index in [1.54, 1.807) is 29.5 Å². The Morgan fingerprint density at radius 1 is 1.10 bits per heavy atom. The van der Waals surface area contributed by atoms with Gasteiger partial charge in [-0.1, -0.05) is 32.0 Å². The second kappa shape index (κ2) is 8.44. The van der Waals surface area contributed by atoms with Crippen LogP contribution in [0.15, 0.2) is 60.0 Å². The highest BCUT2D eigenvalue weighted by atomic mass is 16.1. The molecule has 0 aliphatic heterocycles. The molecule has 30 heavy (non-hydrogen) atoms. The maximum absolute atomic E-state index is 12.6. The molecule has 0 radical (unpaired) electrons. The molecule has 0 saturated carbocycles. The van der Waals surface area contributed by atoms with Crippen LogP contribution >= 0.6 is 0 Å². The molecule has 1 atom stereocenters. The summed E-state index contributed by atoms with van der Waals surface area (Å²) in [6.45, 7) is 7.74. The van der Waals surface area contributed by atoms with Crippen molar-refractivity contribution in [2.24, 2.45) is 0 Å². The Bertz CT molecular complexity index is 1200. The van der Waals surface area contributed by atoms with Gasteiger partial charge in [0.05, 0.1) is 12.4 Å². The van der Waals surface area contributed by atoms with E-state index >= 15 is 0 Å². The van der Waals surface area contributed by atoms with Gasteiger partial charge in [0.25, 0.3) is 0 Å². The van der Waals surface area contributed by atoms with E-state index in [9.17, 15) is 4.79 Å². The minimum Gasteiger partial charge on any atom is -0.288 e. The van der Waals surface area contributed by atoms with Gasteiger partial charge in [-0.15, -0.1) is 0 Å². The lowest BCUT2D eigenvalue weighted by molar-refractivity contribution is 0.602. The highest BCUT2D eigenvalue weighted by Crippen LogP contribution is 2.25. The van der Waals surface area contributed by atoms with Crippen LogP contribution < -0.4 is 5.43 Å². The topological polar surface area (TPSA) is 83.4 Å². The van der Waals surface area contributed by atoms with E-state index in [0.717, 1.165) is 36.3 Å². The number of hydrogen-bond donors (Lipinski definition) is 0. The van der Waals surface area contributed by atoms with Crippen molar-refractivity contribution in [1.82, 2.24) is 34.3 Å². The quantitative estimate of drug-likeness (QED) is 0.473. The van der Waals surface area contributed by atoms with Crippen LogP contribution in [-0.2, 0) is 13.1 Å². The summed E-state index contributed by atoms with van der Waals surface area (Å²) in [6, 6.07) is 9.54. The number of aromatic nitrogens is 7. The lowest BCUT2D eigenvalue weighted by atomic mass is 9.95. The number of rotatable bonds is 7. The molecule has 8 heteroatoms. The number of hydrogen-bond acceptors (Lipinski definition) is 5. The van der Waals surface area contributed by atoms with Gasteiger partial charge in [0.15, 0.2) is 5.82 Å². The molecule has 0 fully saturated rings. The maximum Gasteiger partial charge on any atom is 0.203 e. The zero-order valence-electron chi connectivity index (χ0n) is 17.4. The van der Waals surface area contributed by atoms with Gasteiger partial charge in [-0.25, -0.2) is 9.67 Å². The molecule has 3 aromatic heterocycles. The average molecular weight is 403 g/mol. The molecule has 0 N–H and O–H groups in total. The van der Waals surface area contributed by atoms with E-state index in [-0.39, 0.29) is 11.3 Å². The smallest absolute Gasteiger partial charge is 0.203 e. The van der Waals surface area contributed by atoms with E-state index in [1.807, 2.05) is 53.7 Å². The molecule has 4 rings (SSSR count). The van der Waals surface area contributed by atoms with Gasteiger partial charge < -0.3 is 0 Å². The standard InChI is InChI=1S/C22H25N7O/c1-4-10-28-15-23-22(26-28)18-8-6-7-17(12-18)16(3)21-20(30)9-11-29(25-21)19-13-24-27(5-2)14-19/h6-9,11-16H,4-5,10H2,1-3H3. The van der Waals surface area contributed by atoms with Crippen LogP contribution in [0.4, 0.5) is 0 Å². The van der Waals surface area contributed by atoms with Gasteiger partial charge in [0, 0.05) is 36.8 Å². The summed E-state index contributed by atoms with van der Waals surface area (Å²) in [5.41, 5.74) is 3.14. The Hall–Kier alpha value is -3.55. The van der Waals surface area contributed by atoms with Gasteiger partial charge >= 0.3 is 0 Å². The molecule has 3 heterocycles. The minimum atomic E-state index is -0.177. The Balaban J connectivity index is 1.66. The summed E-state index contributed by atoms with van der Waals surface area (Å²) < 4.78 is 5.37. The van der Waals surface area contributed by atoms with Crippen molar-refractivity contribution < 1.29 is 0 Å². The first kappa shape index (κ1) is 19.8. The first-order chi connectivity index (χ1) is 14.6. The highest BCUT2D eigenvalue weighted by Gasteiger charge is 2.17. The maximum atomic E-state index is 12.6. The van der Waals surface area contributed by atoms with Crippen LogP contribution in [0.5, 0.6) is 0 Å². The molecule has 0 amide bonds. The number of nitrogens with zero attached hydrogens (tertiary/aromatic N) is 7. The second-order valence-electron chi connectivity index (χ2n) is 7.24. The summed E-state index contributed by atoms with van der Waals surface area (Å²) in [5, 5.41) is 13.4. The third-order valence-electron chi connectivity index (χ3n) is 5.09. The number of benzene rings is 1. The van der Waals surface area contributed by atoms with E-state index < -0.39 is 0 Å². The Kier molecular flexibility index (Phi) is 5.56. The predicted octanol–water partition coefficient (Wildman–Crippen LogP) is 3.27. The van der Waals surface area contributed by atoms with Crippen molar-refractivity contribution >= 4 is 0 Å². The molecule has 0 aliphatic rings. The molecule has 0 bridgehead atoms. The van der Waals surface area contributed by atoms with E-state index in [4.69, 9.17) is 0 Å². The minimum absolute atomic E-state index is 0.0858. The van der Waals surface area contributed by atoms with Gasteiger partial charge in [-0.3, -0.25) is 14.2 Å². The SMILES string of the molecule is CCCn1cnc(-c2cccc(C(C)c3nn(-c4cnn(CC)c4)ccc3=O)c2)n1. The Morgan fingerprint density at radius 2 is 1.97 bits per heavy atom. The van der Waals surface area contributed by atoms with Crippen LogP contribution in [0.3, 0.4) is 0 Å². The number of aryl methyl sites for hydroxylation is 2. The van der Waals surface area contributed by atoms with Gasteiger partial charge in [0.1, 0.15) is 17.7 Å². The van der Waals surface area contributed by atoms with E-state index in [0.29, 0.717) is 11.5 Å². The normalized spacial score (nSPS) is 12.2. The van der Waals surface area contributed by atoms with Crippen molar-refractivity contribution in [2.75, 3.05) is 0 Å². The first-order valence-electron chi connectivity index (χ1n) is 10.2. The summed E-state index contributed by atoms with van der Waals surface area (Å²) in [5.74, 6) is 0.506. The molecule has 0 saturated heterocycles. The fraction of sp³-hybridized carbons (Fsp3) is 0.318. The Labute approximate surface area is 174 Å².